The molecule has 0 aromatic rings. The monoisotopic (exact) mass is 257 g/mol. The Bertz CT molecular complexity index is 244. The molecule has 1 heterocycles. The lowest BCUT2D eigenvalue weighted by atomic mass is 10.1. The minimum atomic E-state index is 0.0343. The van der Waals surface area contributed by atoms with Gasteiger partial charge in [0, 0.05) is 19.6 Å². The molecule has 1 fully saturated rings. The van der Waals surface area contributed by atoms with Gasteiger partial charge in [0.2, 0.25) is 5.91 Å². The molecule has 18 heavy (non-hydrogen) atoms. The first-order valence-corrected chi connectivity index (χ1v) is 7.03. The average Bonchev–Trinajstić information content (AvgIpc) is 2.43. The molecule has 0 aliphatic carbocycles. The van der Waals surface area contributed by atoms with Crippen LogP contribution in [0.1, 0.15) is 26.7 Å². The summed E-state index contributed by atoms with van der Waals surface area (Å²) >= 11 is 0. The molecule has 5 nitrogen and oxygen atoms in total. The third kappa shape index (κ3) is 4.92. The standard InChI is InChI=1S/C13H27N3O2/c1-3-15(4-2)8-9-18-12-6-5-7-16(11-12)13(17)10-14/h12H,3-11,14H2,1-2H3. The number of nitrogens with zero attached hydrogens (tertiary/aromatic N) is 2. The molecule has 0 bridgehead atoms. The van der Waals surface area contributed by atoms with E-state index in [-0.39, 0.29) is 18.6 Å². The smallest absolute Gasteiger partial charge is 0.236 e. The summed E-state index contributed by atoms with van der Waals surface area (Å²) in [6, 6.07) is 0. The van der Waals surface area contributed by atoms with Crippen LogP contribution < -0.4 is 5.73 Å². The molecule has 106 valence electrons. The first kappa shape index (κ1) is 15.4. The molecule has 1 amide bonds. The number of amides is 1. The summed E-state index contributed by atoms with van der Waals surface area (Å²) in [7, 11) is 0. The van der Waals surface area contributed by atoms with Crippen molar-refractivity contribution in [3.05, 3.63) is 0 Å². The van der Waals surface area contributed by atoms with Crippen molar-refractivity contribution < 1.29 is 9.53 Å². The lowest BCUT2D eigenvalue weighted by Crippen LogP contribution is -2.46. The number of carbonyl (C=O) groups is 1. The molecular formula is C13H27N3O2. The Hall–Kier alpha value is -0.650. The summed E-state index contributed by atoms with van der Waals surface area (Å²) in [5, 5.41) is 0. The van der Waals surface area contributed by atoms with Gasteiger partial charge in [-0.3, -0.25) is 4.79 Å². The van der Waals surface area contributed by atoms with Gasteiger partial charge >= 0.3 is 0 Å². The predicted molar refractivity (Wildman–Crippen MR) is 72.4 cm³/mol. The average molecular weight is 257 g/mol. The van der Waals surface area contributed by atoms with Crippen LogP contribution in [0.15, 0.2) is 0 Å². The molecule has 5 heteroatoms. The Morgan fingerprint density at radius 1 is 1.44 bits per heavy atom. The van der Waals surface area contributed by atoms with Gasteiger partial charge in [-0.1, -0.05) is 13.8 Å². The summed E-state index contributed by atoms with van der Waals surface area (Å²) in [6.45, 7) is 9.78. The van der Waals surface area contributed by atoms with E-state index in [9.17, 15) is 4.79 Å². The van der Waals surface area contributed by atoms with Crippen LogP contribution in [0.3, 0.4) is 0 Å². The van der Waals surface area contributed by atoms with Crippen LogP contribution in [0.25, 0.3) is 0 Å². The van der Waals surface area contributed by atoms with Crippen LogP contribution in [0, 0.1) is 0 Å². The number of hydrogen-bond acceptors (Lipinski definition) is 4. The number of nitrogens with two attached hydrogens (primary N) is 1. The third-order valence-corrected chi connectivity index (χ3v) is 3.56. The zero-order valence-electron chi connectivity index (χ0n) is 11.7. The maximum atomic E-state index is 11.5. The van der Waals surface area contributed by atoms with Gasteiger partial charge in [-0.05, 0) is 25.9 Å². The van der Waals surface area contributed by atoms with E-state index in [1.54, 1.807) is 0 Å². The number of rotatable bonds is 7. The second-order valence-electron chi connectivity index (χ2n) is 4.71. The number of hydrogen-bond donors (Lipinski definition) is 1. The Labute approximate surface area is 110 Å². The van der Waals surface area contributed by atoms with E-state index in [0.29, 0.717) is 6.54 Å². The Kier molecular flexibility index (Phi) is 7.23. The van der Waals surface area contributed by atoms with E-state index in [0.717, 1.165) is 45.6 Å². The quantitative estimate of drug-likeness (QED) is 0.712. The SMILES string of the molecule is CCN(CC)CCOC1CCCN(C(=O)CN)C1. The molecule has 2 N–H and O–H groups in total. The van der Waals surface area contributed by atoms with Crippen LogP contribution in [-0.4, -0.2) is 67.7 Å². The Morgan fingerprint density at radius 3 is 2.78 bits per heavy atom. The van der Waals surface area contributed by atoms with E-state index in [4.69, 9.17) is 10.5 Å². The molecule has 1 unspecified atom stereocenters. The fourth-order valence-corrected chi connectivity index (χ4v) is 2.32. The highest BCUT2D eigenvalue weighted by Gasteiger charge is 2.23. The van der Waals surface area contributed by atoms with Crippen molar-refractivity contribution >= 4 is 5.91 Å². The van der Waals surface area contributed by atoms with Crippen molar-refractivity contribution in [3.8, 4) is 0 Å². The van der Waals surface area contributed by atoms with Gasteiger partial charge in [-0.25, -0.2) is 0 Å². The first-order valence-electron chi connectivity index (χ1n) is 7.03. The molecule has 1 aliphatic rings. The molecule has 0 aromatic heterocycles. The summed E-state index contributed by atoms with van der Waals surface area (Å²) in [5.41, 5.74) is 5.39. The molecular weight excluding hydrogens is 230 g/mol. The van der Waals surface area contributed by atoms with Gasteiger partial charge in [0.25, 0.3) is 0 Å². The van der Waals surface area contributed by atoms with Crippen molar-refractivity contribution in [2.45, 2.75) is 32.8 Å². The highest BCUT2D eigenvalue weighted by Crippen LogP contribution is 2.13. The van der Waals surface area contributed by atoms with Crippen molar-refractivity contribution in [1.82, 2.24) is 9.80 Å². The maximum Gasteiger partial charge on any atom is 0.236 e. The molecule has 0 radical (unpaired) electrons. The fourth-order valence-electron chi connectivity index (χ4n) is 2.32. The van der Waals surface area contributed by atoms with Gasteiger partial charge in [0.05, 0.1) is 19.3 Å². The lowest BCUT2D eigenvalue weighted by Gasteiger charge is -2.33. The van der Waals surface area contributed by atoms with Crippen LogP contribution in [0.4, 0.5) is 0 Å². The highest BCUT2D eigenvalue weighted by molar-refractivity contribution is 5.78. The fraction of sp³-hybridized carbons (Fsp3) is 0.923. The largest absolute Gasteiger partial charge is 0.375 e. The maximum absolute atomic E-state index is 11.5. The summed E-state index contributed by atoms with van der Waals surface area (Å²) in [6.07, 6.45) is 2.25. The molecule has 0 aromatic carbocycles. The lowest BCUT2D eigenvalue weighted by molar-refractivity contribution is -0.133. The highest BCUT2D eigenvalue weighted by atomic mass is 16.5. The first-order chi connectivity index (χ1) is 8.71. The number of piperidine rings is 1. The number of likely N-dealkylation sites (N-methyl/N-ethyl adjacent to an activating group) is 1. The van der Waals surface area contributed by atoms with Gasteiger partial charge in [-0.15, -0.1) is 0 Å². The summed E-state index contributed by atoms with van der Waals surface area (Å²) < 4.78 is 5.87. The number of carbonyl (C=O) groups excluding carboxylic acids is 1. The van der Waals surface area contributed by atoms with Gasteiger partial charge < -0.3 is 20.3 Å². The van der Waals surface area contributed by atoms with Gasteiger partial charge in [-0.2, -0.15) is 0 Å². The zero-order valence-corrected chi connectivity index (χ0v) is 11.7. The van der Waals surface area contributed by atoms with E-state index >= 15 is 0 Å². The zero-order chi connectivity index (χ0) is 13.4. The topological polar surface area (TPSA) is 58.8 Å². The second-order valence-corrected chi connectivity index (χ2v) is 4.71. The number of likely N-dealkylation sites (tertiary alicyclic amines) is 1. The van der Waals surface area contributed by atoms with Gasteiger partial charge in [0.1, 0.15) is 0 Å². The Balaban J connectivity index is 2.24. The van der Waals surface area contributed by atoms with Crippen LogP contribution in [-0.2, 0) is 9.53 Å². The van der Waals surface area contributed by atoms with E-state index in [1.165, 1.54) is 0 Å². The minimum Gasteiger partial charge on any atom is -0.375 e. The van der Waals surface area contributed by atoms with Crippen molar-refractivity contribution in [3.63, 3.8) is 0 Å². The van der Waals surface area contributed by atoms with E-state index in [1.807, 2.05) is 4.90 Å². The molecule has 1 saturated heterocycles. The molecule has 1 aliphatic heterocycles. The molecule has 1 atom stereocenters. The number of ether oxygens (including phenoxy) is 1. The minimum absolute atomic E-state index is 0.0343. The summed E-state index contributed by atoms with van der Waals surface area (Å²) in [4.78, 5) is 15.7. The Morgan fingerprint density at radius 2 is 2.17 bits per heavy atom. The van der Waals surface area contributed by atoms with Crippen LogP contribution in [0.5, 0.6) is 0 Å². The van der Waals surface area contributed by atoms with Crippen molar-refractivity contribution in [2.24, 2.45) is 5.73 Å². The normalized spacial score (nSPS) is 20.4. The van der Waals surface area contributed by atoms with Crippen molar-refractivity contribution in [2.75, 3.05) is 45.9 Å². The van der Waals surface area contributed by atoms with E-state index in [2.05, 4.69) is 18.7 Å². The van der Waals surface area contributed by atoms with Crippen molar-refractivity contribution in [1.29, 1.82) is 0 Å². The summed E-state index contributed by atoms with van der Waals surface area (Å²) in [5.74, 6) is 0.0343. The van der Waals surface area contributed by atoms with Crippen LogP contribution in [0.2, 0.25) is 0 Å². The molecule has 0 saturated carbocycles. The third-order valence-electron chi connectivity index (χ3n) is 3.56. The van der Waals surface area contributed by atoms with E-state index < -0.39 is 0 Å². The van der Waals surface area contributed by atoms with Gasteiger partial charge in [0.15, 0.2) is 0 Å². The second kappa shape index (κ2) is 8.45. The molecule has 0 spiro atoms. The van der Waals surface area contributed by atoms with Crippen LogP contribution >= 0.6 is 0 Å². The predicted octanol–water partition coefficient (Wildman–Crippen LogP) is 0.295. The molecule has 1 rings (SSSR count).